The fourth-order valence-corrected chi connectivity index (χ4v) is 3.71. The number of nitrogens with one attached hydrogen (secondary N) is 1. The van der Waals surface area contributed by atoms with Crippen LogP contribution in [0.15, 0.2) is 48.5 Å². The molecule has 0 radical (unpaired) electrons. The molecule has 28 heavy (non-hydrogen) atoms. The standard InChI is InChI=1S/C23H28N2O3/c1-16(2)19-9-5-6-10-20(19)25-15-18(14-22(25)26)23(27)24-13-12-17-8-4-7-11-21(17)28-3/h4-11,16,18H,12-15H2,1-3H3,(H,24,27). The third-order valence-corrected chi connectivity index (χ3v) is 5.23. The molecule has 0 aromatic heterocycles. The first-order valence-corrected chi connectivity index (χ1v) is 9.80. The molecule has 2 amide bonds. The van der Waals surface area contributed by atoms with Crippen LogP contribution >= 0.6 is 0 Å². The Kier molecular flexibility index (Phi) is 6.34. The van der Waals surface area contributed by atoms with Gasteiger partial charge in [-0.1, -0.05) is 50.2 Å². The van der Waals surface area contributed by atoms with E-state index in [-0.39, 0.29) is 24.2 Å². The van der Waals surface area contributed by atoms with E-state index in [0.29, 0.717) is 25.4 Å². The Bertz CT molecular complexity index is 847. The molecular weight excluding hydrogens is 352 g/mol. The normalized spacial score (nSPS) is 16.5. The lowest BCUT2D eigenvalue weighted by Crippen LogP contribution is -2.34. The summed E-state index contributed by atoms with van der Waals surface area (Å²) in [7, 11) is 1.64. The number of amides is 2. The van der Waals surface area contributed by atoms with Gasteiger partial charge in [-0.2, -0.15) is 0 Å². The number of nitrogens with zero attached hydrogens (tertiary/aromatic N) is 1. The van der Waals surface area contributed by atoms with Crippen LogP contribution in [0.3, 0.4) is 0 Å². The number of hydrogen-bond acceptors (Lipinski definition) is 3. The molecule has 5 nitrogen and oxygen atoms in total. The second-order valence-corrected chi connectivity index (χ2v) is 7.47. The van der Waals surface area contributed by atoms with Crippen LogP contribution < -0.4 is 15.0 Å². The lowest BCUT2D eigenvalue weighted by Gasteiger charge is -2.22. The van der Waals surface area contributed by atoms with Crippen molar-refractivity contribution in [2.75, 3.05) is 25.1 Å². The largest absolute Gasteiger partial charge is 0.496 e. The predicted molar refractivity (Wildman–Crippen MR) is 111 cm³/mol. The number of carbonyl (C=O) groups is 2. The number of anilines is 1. The van der Waals surface area contributed by atoms with Crippen LogP contribution in [0.4, 0.5) is 5.69 Å². The van der Waals surface area contributed by atoms with Crippen molar-refractivity contribution < 1.29 is 14.3 Å². The van der Waals surface area contributed by atoms with Crippen molar-refractivity contribution in [1.82, 2.24) is 5.32 Å². The first kappa shape index (κ1) is 19.9. The van der Waals surface area contributed by atoms with Crippen molar-refractivity contribution in [2.45, 2.75) is 32.6 Å². The van der Waals surface area contributed by atoms with Crippen LogP contribution in [0.2, 0.25) is 0 Å². The smallest absolute Gasteiger partial charge is 0.227 e. The summed E-state index contributed by atoms with van der Waals surface area (Å²) in [5.74, 6) is 0.776. The number of hydrogen-bond donors (Lipinski definition) is 1. The highest BCUT2D eigenvalue weighted by atomic mass is 16.5. The lowest BCUT2D eigenvalue weighted by atomic mass is 10.0. The second kappa shape index (κ2) is 8.91. The van der Waals surface area contributed by atoms with Crippen LogP contribution in [0.1, 0.15) is 37.3 Å². The summed E-state index contributed by atoms with van der Waals surface area (Å²) in [4.78, 5) is 26.9. The van der Waals surface area contributed by atoms with E-state index in [1.165, 1.54) is 0 Å². The number of rotatable bonds is 7. The van der Waals surface area contributed by atoms with Gasteiger partial charge in [0.2, 0.25) is 11.8 Å². The minimum Gasteiger partial charge on any atom is -0.496 e. The second-order valence-electron chi connectivity index (χ2n) is 7.47. The maximum atomic E-state index is 12.6. The monoisotopic (exact) mass is 380 g/mol. The fraction of sp³-hybridized carbons (Fsp3) is 0.391. The third kappa shape index (κ3) is 4.35. The van der Waals surface area contributed by atoms with Crippen molar-refractivity contribution in [3.05, 3.63) is 59.7 Å². The minimum absolute atomic E-state index is 0.0120. The Morgan fingerprint density at radius 2 is 1.89 bits per heavy atom. The van der Waals surface area contributed by atoms with Gasteiger partial charge in [-0.25, -0.2) is 0 Å². The molecule has 2 aromatic rings. The zero-order valence-corrected chi connectivity index (χ0v) is 16.8. The van der Waals surface area contributed by atoms with Crippen LogP contribution in [0, 0.1) is 5.92 Å². The van der Waals surface area contributed by atoms with E-state index < -0.39 is 0 Å². The summed E-state index contributed by atoms with van der Waals surface area (Å²) in [6.07, 6.45) is 0.948. The van der Waals surface area contributed by atoms with Gasteiger partial charge in [0.15, 0.2) is 0 Å². The molecule has 1 aliphatic rings. The van der Waals surface area contributed by atoms with Crippen molar-refractivity contribution in [2.24, 2.45) is 5.92 Å². The zero-order chi connectivity index (χ0) is 20.1. The van der Waals surface area contributed by atoms with Gasteiger partial charge in [-0.3, -0.25) is 9.59 Å². The van der Waals surface area contributed by atoms with E-state index in [9.17, 15) is 9.59 Å². The molecule has 0 spiro atoms. The molecule has 5 heteroatoms. The van der Waals surface area contributed by atoms with Crippen LogP contribution in [-0.4, -0.2) is 32.0 Å². The molecule has 0 aliphatic carbocycles. The Morgan fingerprint density at radius 3 is 2.64 bits per heavy atom. The van der Waals surface area contributed by atoms with Gasteiger partial charge in [-0.15, -0.1) is 0 Å². The summed E-state index contributed by atoms with van der Waals surface area (Å²) in [5, 5.41) is 2.98. The molecule has 1 unspecified atom stereocenters. The number of methoxy groups -OCH3 is 1. The summed E-state index contributed by atoms with van der Waals surface area (Å²) in [6, 6.07) is 15.7. The minimum atomic E-state index is -0.314. The molecule has 1 N–H and O–H groups in total. The van der Waals surface area contributed by atoms with Crippen LogP contribution in [0.25, 0.3) is 0 Å². The van der Waals surface area contributed by atoms with Gasteiger partial charge in [0.25, 0.3) is 0 Å². The molecular formula is C23H28N2O3. The number of carbonyl (C=O) groups excluding carboxylic acids is 2. The van der Waals surface area contributed by atoms with Gasteiger partial charge in [-0.05, 0) is 35.6 Å². The summed E-state index contributed by atoms with van der Waals surface area (Å²) in [6.45, 7) is 5.18. The van der Waals surface area contributed by atoms with Gasteiger partial charge < -0.3 is 15.0 Å². The number of ether oxygens (including phenoxy) is 1. The first-order valence-electron chi connectivity index (χ1n) is 9.80. The quantitative estimate of drug-likeness (QED) is 0.799. The molecule has 1 saturated heterocycles. The summed E-state index contributed by atoms with van der Waals surface area (Å²) >= 11 is 0. The topological polar surface area (TPSA) is 58.6 Å². The predicted octanol–water partition coefficient (Wildman–Crippen LogP) is 3.53. The Hall–Kier alpha value is -2.82. The SMILES string of the molecule is COc1ccccc1CCNC(=O)C1CC(=O)N(c2ccccc2C(C)C)C1. The van der Waals surface area contributed by atoms with E-state index in [1.807, 2.05) is 48.5 Å². The Labute approximate surface area is 166 Å². The van der Waals surface area contributed by atoms with Gasteiger partial charge in [0.1, 0.15) is 5.75 Å². The molecule has 0 saturated carbocycles. The van der Waals surface area contributed by atoms with Crippen molar-refractivity contribution in [1.29, 1.82) is 0 Å². The summed E-state index contributed by atoms with van der Waals surface area (Å²) in [5.41, 5.74) is 3.11. The van der Waals surface area contributed by atoms with E-state index in [2.05, 4.69) is 19.2 Å². The van der Waals surface area contributed by atoms with Gasteiger partial charge in [0, 0.05) is 25.2 Å². The van der Waals surface area contributed by atoms with E-state index >= 15 is 0 Å². The Morgan fingerprint density at radius 1 is 1.18 bits per heavy atom. The van der Waals surface area contributed by atoms with Gasteiger partial charge in [0.05, 0.1) is 13.0 Å². The molecule has 1 fully saturated rings. The van der Waals surface area contributed by atoms with Gasteiger partial charge >= 0.3 is 0 Å². The molecule has 3 rings (SSSR count). The maximum absolute atomic E-state index is 12.6. The molecule has 2 aromatic carbocycles. The molecule has 1 atom stereocenters. The van der Waals surface area contributed by atoms with E-state index in [0.717, 1.165) is 22.6 Å². The highest BCUT2D eigenvalue weighted by molar-refractivity contribution is 6.00. The van der Waals surface area contributed by atoms with Crippen molar-refractivity contribution in [3.63, 3.8) is 0 Å². The number of para-hydroxylation sites is 2. The Balaban J connectivity index is 1.60. The maximum Gasteiger partial charge on any atom is 0.227 e. The third-order valence-electron chi connectivity index (χ3n) is 5.23. The number of benzene rings is 2. The first-order chi connectivity index (χ1) is 13.5. The average Bonchev–Trinajstić information content (AvgIpc) is 3.10. The fourth-order valence-electron chi connectivity index (χ4n) is 3.71. The highest BCUT2D eigenvalue weighted by Crippen LogP contribution is 2.32. The summed E-state index contributed by atoms with van der Waals surface area (Å²) < 4.78 is 5.35. The highest BCUT2D eigenvalue weighted by Gasteiger charge is 2.35. The average molecular weight is 380 g/mol. The van der Waals surface area contributed by atoms with E-state index in [1.54, 1.807) is 12.0 Å². The molecule has 1 heterocycles. The van der Waals surface area contributed by atoms with Crippen molar-refractivity contribution in [3.8, 4) is 5.75 Å². The molecule has 1 aliphatic heterocycles. The van der Waals surface area contributed by atoms with Crippen LogP contribution in [-0.2, 0) is 16.0 Å². The van der Waals surface area contributed by atoms with E-state index in [4.69, 9.17) is 4.74 Å². The van der Waals surface area contributed by atoms with Crippen LogP contribution in [0.5, 0.6) is 5.75 Å². The van der Waals surface area contributed by atoms with Crippen molar-refractivity contribution >= 4 is 17.5 Å². The molecule has 0 bridgehead atoms. The lowest BCUT2D eigenvalue weighted by molar-refractivity contribution is -0.126. The molecule has 148 valence electrons. The zero-order valence-electron chi connectivity index (χ0n) is 16.8.